The lowest BCUT2D eigenvalue weighted by atomic mass is 9.95. The van der Waals surface area contributed by atoms with Gasteiger partial charge in [0.1, 0.15) is 6.61 Å². The van der Waals surface area contributed by atoms with Crippen LogP contribution in [0.25, 0.3) is 5.69 Å². The lowest BCUT2D eigenvalue weighted by molar-refractivity contribution is -0.136. The van der Waals surface area contributed by atoms with E-state index < -0.39 is 24.3 Å². The SMILES string of the molecule is CCOC(=O)c1ccc(-n2c(C)cc(/C=N\N[C@H](O)COc3ccc([C@H]4NC(=O)NC(C)=C4C(=O)OC)cc3OCC)c2C)cc1. The first kappa shape index (κ1) is 33.6. The number of aliphatic hydroxyl groups is 1. The van der Waals surface area contributed by atoms with Gasteiger partial charge >= 0.3 is 18.0 Å². The molecule has 1 aromatic heterocycles. The maximum absolute atomic E-state index is 12.5. The molecule has 46 heavy (non-hydrogen) atoms. The zero-order chi connectivity index (χ0) is 33.4. The van der Waals surface area contributed by atoms with E-state index in [2.05, 4.69) is 21.2 Å². The molecule has 0 unspecified atom stereocenters. The van der Waals surface area contributed by atoms with Crippen LogP contribution in [0.2, 0.25) is 0 Å². The number of carbonyl (C=O) groups excluding carboxylic acids is 3. The van der Waals surface area contributed by atoms with Crippen LogP contribution in [0.4, 0.5) is 4.79 Å². The Morgan fingerprint density at radius 1 is 1.02 bits per heavy atom. The minimum absolute atomic E-state index is 0.154. The number of ether oxygens (including phenoxy) is 4. The number of aromatic nitrogens is 1. The highest BCUT2D eigenvalue weighted by Gasteiger charge is 2.32. The lowest BCUT2D eigenvalue weighted by Gasteiger charge is -2.28. The van der Waals surface area contributed by atoms with Gasteiger partial charge < -0.3 is 39.3 Å². The van der Waals surface area contributed by atoms with Gasteiger partial charge in [-0.3, -0.25) is 5.43 Å². The number of hydrogen-bond donors (Lipinski definition) is 4. The van der Waals surface area contributed by atoms with Gasteiger partial charge in [0.15, 0.2) is 17.7 Å². The highest BCUT2D eigenvalue weighted by atomic mass is 16.5. The molecule has 0 bridgehead atoms. The van der Waals surface area contributed by atoms with E-state index in [9.17, 15) is 19.5 Å². The molecule has 2 amide bonds. The van der Waals surface area contributed by atoms with Crippen molar-refractivity contribution in [1.82, 2.24) is 20.6 Å². The molecule has 2 heterocycles. The summed E-state index contributed by atoms with van der Waals surface area (Å²) >= 11 is 0. The van der Waals surface area contributed by atoms with Crippen molar-refractivity contribution in [3.63, 3.8) is 0 Å². The molecule has 2 aromatic carbocycles. The molecule has 0 radical (unpaired) electrons. The first-order valence-electron chi connectivity index (χ1n) is 14.8. The molecule has 0 saturated heterocycles. The number of aliphatic hydroxyl groups excluding tert-OH is 1. The van der Waals surface area contributed by atoms with Crippen molar-refractivity contribution in [2.45, 2.75) is 46.9 Å². The van der Waals surface area contributed by atoms with E-state index in [1.807, 2.05) is 43.5 Å². The summed E-state index contributed by atoms with van der Waals surface area (Å²) in [4.78, 5) is 36.6. The second-order valence-electron chi connectivity index (χ2n) is 10.3. The predicted molar refractivity (Wildman–Crippen MR) is 170 cm³/mol. The molecule has 3 aromatic rings. The van der Waals surface area contributed by atoms with E-state index in [-0.39, 0.29) is 18.1 Å². The fraction of sp³-hybridized carbons (Fsp3) is 0.333. The van der Waals surface area contributed by atoms with Crippen molar-refractivity contribution < 1.29 is 38.4 Å². The van der Waals surface area contributed by atoms with E-state index in [4.69, 9.17) is 18.9 Å². The normalized spacial score (nSPS) is 15.2. The van der Waals surface area contributed by atoms with Crippen molar-refractivity contribution in [3.05, 3.63) is 87.9 Å². The highest BCUT2D eigenvalue weighted by molar-refractivity contribution is 5.95. The molecule has 13 heteroatoms. The number of methoxy groups -OCH3 is 1. The Bertz CT molecular complexity index is 1640. The number of benzene rings is 2. The standard InChI is InChI=1S/C33H39N5O8/c1-7-44-27-16-23(30-29(32(41)43-6)20(4)35-33(42)36-30)11-14-26(27)46-18-28(39)37-34-17-24-15-19(3)38(21(24)5)25-12-9-22(10-13-25)31(40)45-8-2/h9-17,28,30,37,39H,7-8,18H2,1-6H3,(H2,35,36,42)/b34-17-/t28-,30-/m1/s1. The summed E-state index contributed by atoms with van der Waals surface area (Å²) in [6.45, 7) is 9.61. The second kappa shape index (κ2) is 15.1. The largest absolute Gasteiger partial charge is 0.490 e. The van der Waals surface area contributed by atoms with Crippen LogP contribution in [0, 0.1) is 13.8 Å². The summed E-state index contributed by atoms with van der Waals surface area (Å²) in [5.41, 5.74) is 7.99. The van der Waals surface area contributed by atoms with E-state index in [1.54, 1.807) is 50.4 Å². The summed E-state index contributed by atoms with van der Waals surface area (Å²) in [6.07, 6.45) is 0.460. The molecular weight excluding hydrogens is 594 g/mol. The van der Waals surface area contributed by atoms with Crippen LogP contribution >= 0.6 is 0 Å². The van der Waals surface area contributed by atoms with Crippen LogP contribution in [-0.4, -0.2) is 67.0 Å². The van der Waals surface area contributed by atoms with E-state index >= 15 is 0 Å². The van der Waals surface area contributed by atoms with Gasteiger partial charge in [-0.15, -0.1) is 0 Å². The number of carbonyl (C=O) groups is 3. The second-order valence-corrected chi connectivity index (χ2v) is 10.3. The summed E-state index contributed by atoms with van der Waals surface area (Å²) in [7, 11) is 1.27. The van der Waals surface area contributed by atoms with Crippen LogP contribution in [0.1, 0.15) is 59.7 Å². The number of esters is 2. The third-order valence-corrected chi connectivity index (χ3v) is 7.21. The Hall–Kier alpha value is -5.30. The molecule has 0 fully saturated rings. The van der Waals surface area contributed by atoms with Gasteiger partial charge in [0.25, 0.3) is 0 Å². The molecule has 4 N–H and O–H groups in total. The molecule has 2 atom stereocenters. The predicted octanol–water partition coefficient (Wildman–Crippen LogP) is 3.79. The van der Waals surface area contributed by atoms with Gasteiger partial charge in [-0.25, -0.2) is 14.4 Å². The van der Waals surface area contributed by atoms with Crippen molar-refractivity contribution in [3.8, 4) is 17.2 Å². The minimum Gasteiger partial charge on any atom is -0.490 e. The van der Waals surface area contributed by atoms with Crippen molar-refractivity contribution in [2.75, 3.05) is 26.9 Å². The third-order valence-electron chi connectivity index (χ3n) is 7.21. The summed E-state index contributed by atoms with van der Waals surface area (Å²) in [6, 6.07) is 12.9. The fourth-order valence-electron chi connectivity index (χ4n) is 5.09. The van der Waals surface area contributed by atoms with Crippen molar-refractivity contribution in [1.29, 1.82) is 0 Å². The lowest BCUT2D eigenvalue weighted by Crippen LogP contribution is -2.45. The van der Waals surface area contributed by atoms with Crippen LogP contribution in [0.3, 0.4) is 0 Å². The quantitative estimate of drug-likeness (QED) is 0.0950. The minimum atomic E-state index is -1.15. The van der Waals surface area contributed by atoms with Crippen molar-refractivity contribution in [2.24, 2.45) is 5.10 Å². The zero-order valence-electron chi connectivity index (χ0n) is 26.7. The topological polar surface area (TPSA) is 162 Å². The third kappa shape index (κ3) is 7.67. The Balaban J connectivity index is 1.41. The summed E-state index contributed by atoms with van der Waals surface area (Å²) in [5.74, 6) is -0.215. The maximum atomic E-state index is 12.5. The average Bonchev–Trinajstić information content (AvgIpc) is 3.32. The van der Waals surface area contributed by atoms with Gasteiger partial charge in [0.2, 0.25) is 0 Å². The number of aryl methyl sites for hydroxylation is 1. The Morgan fingerprint density at radius 3 is 2.43 bits per heavy atom. The highest BCUT2D eigenvalue weighted by Crippen LogP contribution is 2.35. The van der Waals surface area contributed by atoms with Gasteiger partial charge in [0, 0.05) is 28.3 Å². The molecule has 13 nitrogen and oxygen atoms in total. The Labute approximate surface area is 267 Å². The first-order valence-corrected chi connectivity index (χ1v) is 14.8. The van der Waals surface area contributed by atoms with Crippen LogP contribution in [0.5, 0.6) is 11.5 Å². The molecule has 0 spiro atoms. The molecule has 1 aliphatic heterocycles. The monoisotopic (exact) mass is 633 g/mol. The number of rotatable bonds is 13. The number of hydrazone groups is 1. The molecule has 0 saturated carbocycles. The molecule has 0 aliphatic carbocycles. The van der Waals surface area contributed by atoms with Crippen molar-refractivity contribution >= 4 is 24.2 Å². The Kier molecular flexibility index (Phi) is 11.0. The maximum Gasteiger partial charge on any atom is 0.338 e. The van der Waals surface area contributed by atoms with Gasteiger partial charge in [-0.1, -0.05) is 6.07 Å². The average molecular weight is 634 g/mol. The fourth-order valence-corrected chi connectivity index (χ4v) is 5.09. The van der Waals surface area contributed by atoms with Gasteiger partial charge in [-0.2, -0.15) is 5.10 Å². The summed E-state index contributed by atoms with van der Waals surface area (Å²) in [5, 5.41) is 20.0. The zero-order valence-corrected chi connectivity index (χ0v) is 26.7. The molecule has 4 rings (SSSR count). The number of urea groups is 1. The number of nitrogens with zero attached hydrogens (tertiary/aromatic N) is 2. The smallest absolute Gasteiger partial charge is 0.338 e. The number of allylic oxidation sites excluding steroid dienone is 1. The Morgan fingerprint density at radius 2 is 1.76 bits per heavy atom. The van der Waals surface area contributed by atoms with Crippen LogP contribution in [-0.2, 0) is 14.3 Å². The number of nitrogens with one attached hydrogen (secondary N) is 3. The van der Waals surface area contributed by atoms with Crippen LogP contribution < -0.4 is 25.5 Å². The first-order chi connectivity index (χ1) is 22.1. The molecule has 244 valence electrons. The van der Waals surface area contributed by atoms with Crippen LogP contribution in [0.15, 0.2) is 64.9 Å². The van der Waals surface area contributed by atoms with Gasteiger partial charge in [0.05, 0.1) is 43.7 Å². The number of amides is 2. The van der Waals surface area contributed by atoms with E-state index in [0.29, 0.717) is 41.5 Å². The van der Waals surface area contributed by atoms with Gasteiger partial charge in [-0.05, 0) is 82.6 Å². The van der Waals surface area contributed by atoms with E-state index in [1.165, 1.54) is 7.11 Å². The molecular formula is C33H39N5O8. The summed E-state index contributed by atoms with van der Waals surface area (Å²) < 4.78 is 23.6. The van der Waals surface area contributed by atoms with E-state index in [0.717, 1.165) is 22.6 Å². The molecule has 1 aliphatic rings. The number of hydrogen-bond acceptors (Lipinski definition) is 10.